The number of phenols is 1. The monoisotopic (exact) mass is 330 g/mol. The molecule has 0 saturated carbocycles. The third-order valence-corrected chi connectivity index (χ3v) is 4.83. The van der Waals surface area contributed by atoms with E-state index in [1.54, 1.807) is 28.0 Å². The molecule has 23 heavy (non-hydrogen) atoms. The fourth-order valence-electron chi connectivity index (χ4n) is 2.66. The summed E-state index contributed by atoms with van der Waals surface area (Å²) >= 11 is 1.43. The predicted octanol–water partition coefficient (Wildman–Crippen LogP) is 2.36. The van der Waals surface area contributed by atoms with E-state index >= 15 is 0 Å². The number of aromatic hydroxyl groups is 1. The number of aryl methyl sites for hydroxylation is 1. The first kappa shape index (κ1) is 15.6. The maximum absolute atomic E-state index is 12.5. The van der Waals surface area contributed by atoms with Crippen LogP contribution in [0.5, 0.6) is 5.75 Å². The molecule has 0 aliphatic carbocycles. The molecule has 1 aliphatic rings. The average Bonchev–Trinajstić information content (AvgIpc) is 3.10. The second-order valence-corrected chi connectivity index (χ2v) is 6.53. The van der Waals surface area contributed by atoms with E-state index in [1.807, 2.05) is 24.4 Å². The van der Waals surface area contributed by atoms with Crippen molar-refractivity contribution in [2.45, 2.75) is 6.92 Å². The van der Waals surface area contributed by atoms with E-state index in [0.717, 1.165) is 10.4 Å². The van der Waals surface area contributed by atoms with E-state index in [1.165, 1.54) is 11.3 Å². The molecule has 1 saturated heterocycles. The van der Waals surface area contributed by atoms with E-state index in [0.29, 0.717) is 31.7 Å². The van der Waals surface area contributed by atoms with Gasteiger partial charge in [0.05, 0.1) is 10.4 Å². The first-order valence-electron chi connectivity index (χ1n) is 7.48. The van der Waals surface area contributed by atoms with Gasteiger partial charge in [0, 0.05) is 26.2 Å². The number of amides is 2. The van der Waals surface area contributed by atoms with Crippen molar-refractivity contribution >= 4 is 23.2 Å². The van der Waals surface area contributed by atoms with Crippen molar-refractivity contribution in [1.82, 2.24) is 9.80 Å². The number of benzene rings is 1. The third kappa shape index (κ3) is 3.22. The van der Waals surface area contributed by atoms with Gasteiger partial charge in [0.25, 0.3) is 11.8 Å². The van der Waals surface area contributed by atoms with Gasteiger partial charge in [0.15, 0.2) is 0 Å². The van der Waals surface area contributed by atoms with Crippen LogP contribution in [0.25, 0.3) is 0 Å². The minimum Gasteiger partial charge on any atom is -0.507 e. The van der Waals surface area contributed by atoms with Crippen LogP contribution in [0.2, 0.25) is 0 Å². The van der Waals surface area contributed by atoms with Gasteiger partial charge in [-0.2, -0.15) is 0 Å². The van der Waals surface area contributed by atoms with Crippen LogP contribution in [-0.4, -0.2) is 52.9 Å². The quantitative estimate of drug-likeness (QED) is 0.919. The fourth-order valence-corrected chi connectivity index (χ4v) is 3.35. The van der Waals surface area contributed by atoms with Crippen molar-refractivity contribution in [2.24, 2.45) is 0 Å². The van der Waals surface area contributed by atoms with Gasteiger partial charge in [-0.3, -0.25) is 9.59 Å². The number of hydrogen-bond acceptors (Lipinski definition) is 4. The standard InChI is InChI=1S/C17H18N2O3S/c1-12-4-5-14(20)13(11-12)16(21)18-6-8-19(9-7-18)17(22)15-3-2-10-23-15/h2-5,10-11,20H,6-9H2,1H3. The van der Waals surface area contributed by atoms with Crippen molar-refractivity contribution in [3.05, 3.63) is 51.7 Å². The molecule has 1 aliphatic heterocycles. The molecule has 5 nitrogen and oxygen atoms in total. The van der Waals surface area contributed by atoms with Gasteiger partial charge in [-0.1, -0.05) is 17.7 Å². The Morgan fingerprint density at radius 3 is 2.30 bits per heavy atom. The highest BCUT2D eigenvalue weighted by atomic mass is 32.1. The van der Waals surface area contributed by atoms with Crippen molar-refractivity contribution in [3.63, 3.8) is 0 Å². The molecule has 0 bridgehead atoms. The van der Waals surface area contributed by atoms with Crippen molar-refractivity contribution < 1.29 is 14.7 Å². The lowest BCUT2D eigenvalue weighted by molar-refractivity contribution is 0.0536. The van der Waals surface area contributed by atoms with Crippen LogP contribution in [-0.2, 0) is 0 Å². The molecule has 0 radical (unpaired) electrons. The number of hydrogen-bond donors (Lipinski definition) is 1. The molecule has 2 heterocycles. The van der Waals surface area contributed by atoms with Crippen LogP contribution in [0, 0.1) is 6.92 Å². The van der Waals surface area contributed by atoms with Gasteiger partial charge in [-0.15, -0.1) is 11.3 Å². The summed E-state index contributed by atoms with van der Waals surface area (Å²) in [5.74, 6) is -0.169. The zero-order chi connectivity index (χ0) is 16.4. The minimum atomic E-state index is -0.186. The van der Waals surface area contributed by atoms with Crippen LogP contribution >= 0.6 is 11.3 Å². The first-order chi connectivity index (χ1) is 11.1. The molecule has 1 fully saturated rings. The second kappa shape index (κ2) is 6.42. The molecule has 0 spiro atoms. The number of rotatable bonds is 2. The molecular weight excluding hydrogens is 312 g/mol. The summed E-state index contributed by atoms with van der Waals surface area (Å²) in [4.78, 5) is 29.0. The van der Waals surface area contributed by atoms with Crippen molar-refractivity contribution in [3.8, 4) is 5.75 Å². The van der Waals surface area contributed by atoms with Gasteiger partial charge in [-0.05, 0) is 30.5 Å². The molecule has 1 N–H and O–H groups in total. The van der Waals surface area contributed by atoms with E-state index in [4.69, 9.17) is 0 Å². The van der Waals surface area contributed by atoms with Gasteiger partial charge in [0.2, 0.25) is 0 Å². The van der Waals surface area contributed by atoms with Crippen LogP contribution in [0.3, 0.4) is 0 Å². The van der Waals surface area contributed by atoms with Crippen LogP contribution < -0.4 is 0 Å². The Labute approximate surface area is 138 Å². The minimum absolute atomic E-state index is 0.00214. The molecule has 0 unspecified atom stereocenters. The molecule has 2 amide bonds. The lowest BCUT2D eigenvalue weighted by Gasteiger charge is -2.34. The van der Waals surface area contributed by atoms with Gasteiger partial charge in [0.1, 0.15) is 5.75 Å². The van der Waals surface area contributed by atoms with Crippen LogP contribution in [0.15, 0.2) is 35.7 Å². The highest BCUT2D eigenvalue weighted by Crippen LogP contribution is 2.21. The second-order valence-electron chi connectivity index (χ2n) is 5.58. The molecular formula is C17H18N2O3S. The molecule has 1 aromatic heterocycles. The number of phenolic OH excluding ortho intramolecular Hbond substituents is 1. The molecule has 2 aromatic rings. The average molecular weight is 330 g/mol. The van der Waals surface area contributed by atoms with E-state index in [9.17, 15) is 14.7 Å². The Bertz CT molecular complexity index is 719. The van der Waals surface area contributed by atoms with Gasteiger partial charge < -0.3 is 14.9 Å². The largest absolute Gasteiger partial charge is 0.507 e. The highest BCUT2D eigenvalue weighted by Gasteiger charge is 2.27. The zero-order valence-electron chi connectivity index (χ0n) is 12.9. The van der Waals surface area contributed by atoms with Crippen LogP contribution in [0.4, 0.5) is 0 Å². The van der Waals surface area contributed by atoms with Crippen molar-refractivity contribution in [2.75, 3.05) is 26.2 Å². The SMILES string of the molecule is Cc1ccc(O)c(C(=O)N2CCN(C(=O)c3cccs3)CC2)c1. The summed E-state index contributed by atoms with van der Waals surface area (Å²) in [7, 11) is 0. The Morgan fingerprint density at radius 1 is 1.04 bits per heavy atom. The molecule has 120 valence electrons. The number of carbonyl (C=O) groups is 2. The molecule has 0 atom stereocenters. The Balaban J connectivity index is 1.66. The molecule has 6 heteroatoms. The van der Waals surface area contributed by atoms with E-state index in [-0.39, 0.29) is 17.6 Å². The van der Waals surface area contributed by atoms with Crippen molar-refractivity contribution in [1.29, 1.82) is 0 Å². The topological polar surface area (TPSA) is 60.9 Å². The summed E-state index contributed by atoms with van der Waals surface area (Å²) in [6.45, 7) is 3.85. The summed E-state index contributed by atoms with van der Waals surface area (Å²) in [5, 5.41) is 11.8. The van der Waals surface area contributed by atoms with Gasteiger partial charge in [-0.25, -0.2) is 0 Å². The highest BCUT2D eigenvalue weighted by molar-refractivity contribution is 7.12. The Hall–Kier alpha value is -2.34. The molecule has 1 aromatic carbocycles. The summed E-state index contributed by atoms with van der Waals surface area (Å²) in [5.41, 5.74) is 1.25. The lowest BCUT2D eigenvalue weighted by atomic mass is 10.1. The molecule has 3 rings (SSSR count). The third-order valence-electron chi connectivity index (χ3n) is 3.97. The fraction of sp³-hybridized carbons (Fsp3) is 0.294. The normalized spacial score (nSPS) is 14.8. The number of nitrogens with zero attached hydrogens (tertiary/aromatic N) is 2. The number of piperazine rings is 1. The van der Waals surface area contributed by atoms with Crippen LogP contribution in [0.1, 0.15) is 25.6 Å². The Morgan fingerprint density at radius 2 is 1.70 bits per heavy atom. The van der Waals surface area contributed by atoms with E-state index < -0.39 is 0 Å². The Kier molecular flexibility index (Phi) is 4.34. The maximum atomic E-state index is 12.5. The van der Waals surface area contributed by atoms with E-state index in [2.05, 4.69) is 0 Å². The number of carbonyl (C=O) groups excluding carboxylic acids is 2. The summed E-state index contributed by atoms with van der Waals surface area (Å²) in [6.07, 6.45) is 0. The zero-order valence-corrected chi connectivity index (χ0v) is 13.7. The first-order valence-corrected chi connectivity index (χ1v) is 8.36. The van der Waals surface area contributed by atoms with Gasteiger partial charge >= 0.3 is 0 Å². The number of thiophene rings is 1. The smallest absolute Gasteiger partial charge is 0.264 e. The summed E-state index contributed by atoms with van der Waals surface area (Å²) in [6, 6.07) is 8.68. The maximum Gasteiger partial charge on any atom is 0.264 e. The predicted molar refractivity (Wildman–Crippen MR) is 89.0 cm³/mol. The lowest BCUT2D eigenvalue weighted by Crippen LogP contribution is -2.50. The summed E-state index contributed by atoms with van der Waals surface area (Å²) < 4.78 is 0.